The van der Waals surface area contributed by atoms with Crippen molar-refractivity contribution in [2.75, 3.05) is 0 Å². The summed E-state index contributed by atoms with van der Waals surface area (Å²) in [5.74, 6) is 0.194. The summed E-state index contributed by atoms with van der Waals surface area (Å²) in [7, 11) is 1.73. The highest BCUT2D eigenvalue weighted by atomic mass is 16.3. The van der Waals surface area contributed by atoms with Gasteiger partial charge in [0, 0.05) is 18.9 Å². The van der Waals surface area contributed by atoms with E-state index in [0.29, 0.717) is 0 Å². The van der Waals surface area contributed by atoms with E-state index in [1.54, 1.807) is 46.6 Å². The Morgan fingerprint density at radius 2 is 1.80 bits per heavy atom. The Labute approximate surface area is 87.0 Å². The molecule has 0 spiro atoms. The molecule has 0 atom stereocenters. The summed E-state index contributed by atoms with van der Waals surface area (Å²) in [5, 5.41) is 9.14. The summed E-state index contributed by atoms with van der Waals surface area (Å²) < 4.78 is 3.13. The summed E-state index contributed by atoms with van der Waals surface area (Å²) >= 11 is 0. The normalized spacial score (nSPS) is 10.5. The van der Waals surface area contributed by atoms with Crippen molar-refractivity contribution in [3.8, 4) is 11.4 Å². The molecule has 4 heteroatoms. The molecule has 0 fully saturated rings. The zero-order chi connectivity index (χ0) is 11.0. The van der Waals surface area contributed by atoms with E-state index in [1.807, 2.05) is 6.92 Å². The van der Waals surface area contributed by atoms with Crippen molar-refractivity contribution in [1.29, 1.82) is 0 Å². The van der Waals surface area contributed by atoms with Crippen molar-refractivity contribution in [1.82, 2.24) is 9.13 Å². The van der Waals surface area contributed by atoms with E-state index in [4.69, 9.17) is 5.11 Å². The SMILES string of the molecule is Cc1cn(-c2ccc(O)cc2)c(=O)n1C. The van der Waals surface area contributed by atoms with Gasteiger partial charge in [-0.05, 0) is 31.2 Å². The maximum atomic E-state index is 11.7. The van der Waals surface area contributed by atoms with Crippen LogP contribution in [0.2, 0.25) is 0 Å². The second-order valence-corrected chi connectivity index (χ2v) is 3.50. The predicted molar refractivity (Wildman–Crippen MR) is 57.4 cm³/mol. The molecule has 0 aliphatic rings. The average molecular weight is 204 g/mol. The smallest absolute Gasteiger partial charge is 0.332 e. The van der Waals surface area contributed by atoms with E-state index in [-0.39, 0.29) is 11.4 Å². The van der Waals surface area contributed by atoms with Crippen LogP contribution >= 0.6 is 0 Å². The topological polar surface area (TPSA) is 47.2 Å². The third-order valence-electron chi connectivity index (χ3n) is 2.47. The van der Waals surface area contributed by atoms with Gasteiger partial charge in [-0.25, -0.2) is 4.79 Å². The van der Waals surface area contributed by atoms with Crippen LogP contribution in [0.4, 0.5) is 0 Å². The monoisotopic (exact) mass is 204 g/mol. The lowest BCUT2D eigenvalue weighted by Crippen LogP contribution is -2.20. The fourth-order valence-electron chi connectivity index (χ4n) is 1.44. The molecule has 1 heterocycles. The van der Waals surface area contributed by atoms with E-state index in [2.05, 4.69) is 0 Å². The Bertz CT molecular complexity index is 535. The van der Waals surface area contributed by atoms with Gasteiger partial charge in [0.15, 0.2) is 0 Å². The van der Waals surface area contributed by atoms with Gasteiger partial charge in [0.2, 0.25) is 0 Å². The average Bonchev–Trinajstić information content (AvgIpc) is 2.47. The van der Waals surface area contributed by atoms with Crippen LogP contribution in [0.1, 0.15) is 5.69 Å². The van der Waals surface area contributed by atoms with E-state index in [9.17, 15) is 4.79 Å². The van der Waals surface area contributed by atoms with Crippen LogP contribution in [0.25, 0.3) is 5.69 Å². The van der Waals surface area contributed by atoms with Crippen LogP contribution in [0.3, 0.4) is 0 Å². The van der Waals surface area contributed by atoms with Crippen LogP contribution in [-0.2, 0) is 7.05 Å². The molecule has 1 aromatic carbocycles. The van der Waals surface area contributed by atoms with Crippen molar-refractivity contribution >= 4 is 0 Å². The van der Waals surface area contributed by atoms with E-state index in [0.717, 1.165) is 11.4 Å². The predicted octanol–water partition coefficient (Wildman–Crippen LogP) is 1.19. The van der Waals surface area contributed by atoms with Gasteiger partial charge in [-0.3, -0.25) is 9.13 Å². The van der Waals surface area contributed by atoms with Crippen molar-refractivity contribution in [3.05, 3.63) is 46.6 Å². The summed E-state index contributed by atoms with van der Waals surface area (Å²) in [4.78, 5) is 11.7. The lowest BCUT2D eigenvalue weighted by molar-refractivity contribution is 0.475. The molecule has 0 bridgehead atoms. The number of nitrogens with zero attached hydrogens (tertiary/aromatic N) is 2. The fourth-order valence-corrected chi connectivity index (χ4v) is 1.44. The molecule has 4 nitrogen and oxygen atoms in total. The first-order valence-electron chi connectivity index (χ1n) is 4.64. The second kappa shape index (κ2) is 3.31. The molecule has 15 heavy (non-hydrogen) atoms. The maximum absolute atomic E-state index is 11.7. The highest BCUT2D eigenvalue weighted by Gasteiger charge is 2.05. The first-order valence-corrected chi connectivity index (χ1v) is 4.64. The van der Waals surface area contributed by atoms with Crippen LogP contribution in [-0.4, -0.2) is 14.2 Å². The molecule has 0 aliphatic heterocycles. The fraction of sp³-hybridized carbons (Fsp3) is 0.182. The first-order chi connectivity index (χ1) is 7.09. The number of phenols is 1. The van der Waals surface area contributed by atoms with Crippen LogP contribution in [0.5, 0.6) is 5.75 Å². The molecular formula is C11H12N2O2. The van der Waals surface area contributed by atoms with Gasteiger partial charge in [-0.15, -0.1) is 0 Å². The molecule has 0 amide bonds. The summed E-state index contributed by atoms with van der Waals surface area (Å²) in [5.41, 5.74) is 1.56. The Balaban J connectivity index is 2.59. The molecule has 0 radical (unpaired) electrons. The van der Waals surface area contributed by atoms with Gasteiger partial charge in [0.1, 0.15) is 5.75 Å². The Morgan fingerprint density at radius 3 is 2.27 bits per heavy atom. The second-order valence-electron chi connectivity index (χ2n) is 3.50. The molecule has 0 saturated heterocycles. The minimum Gasteiger partial charge on any atom is -0.508 e. The summed E-state index contributed by atoms with van der Waals surface area (Å²) in [6.45, 7) is 1.87. The molecule has 1 N–H and O–H groups in total. The van der Waals surface area contributed by atoms with E-state index >= 15 is 0 Å². The molecule has 0 saturated carbocycles. The van der Waals surface area contributed by atoms with Gasteiger partial charge in [-0.2, -0.15) is 0 Å². The van der Waals surface area contributed by atoms with Gasteiger partial charge in [0.25, 0.3) is 0 Å². The highest BCUT2D eigenvalue weighted by molar-refractivity contribution is 5.37. The first kappa shape index (κ1) is 9.58. The number of aromatic hydroxyl groups is 1. The zero-order valence-electron chi connectivity index (χ0n) is 8.64. The quantitative estimate of drug-likeness (QED) is 0.758. The standard InChI is InChI=1S/C11H12N2O2/c1-8-7-13(11(15)12(8)2)9-3-5-10(14)6-4-9/h3-7,14H,1-2H3. The van der Waals surface area contributed by atoms with Crippen LogP contribution in [0.15, 0.2) is 35.3 Å². The Morgan fingerprint density at radius 1 is 1.20 bits per heavy atom. The number of aryl methyl sites for hydroxylation is 1. The minimum absolute atomic E-state index is 0.0850. The third-order valence-corrected chi connectivity index (χ3v) is 2.47. The molecule has 1 aromatic heterocycles. The summed E-state index contributed by atoms with van der Waals surface area (Å²) in [6.07, 6.45) is 1.77. The number of hydrogen-bond acceptors (Lipinski definition) is 2. The summed E-state index contributed by atoms with van der Waals surface area (Å²) in [6, 6.07) is 6.53. The number of benzene rings is 1. The lowest BCUT2D eigenvalue weighted by atomic mass is 10.3. The van der Waals surface area contributed by atoms with Crippen LogP contribution in [0, 0.1) is 6.92 Å². The van der Waals surface area contributed by atoms with Crippen molar-refractivity contribution in [2.24, 2.45) is 7.05 Å². The number of aromatic nitrogens is 2. The van der Waals surface area contributed by atoms with Crippen molar-refractivity contribution in [2.45, 2.75) is 6.92 Å². The number of hydrogen-bond donors (Lipinski definition) is 1. The number of rotatable bonds is 1. The molecule has 0 unspecified atom stereocenters. The van der Waals surface area contributed by atoms with Gasteiger partial charge >= 0.3 is 5.69 Å². The number of imidazole rings is 1. The minimum atomic E-state index is -0.0850. The number of phenolic OH excluding ortho intramolecular Hbond substituents is 1. The molecular weight excluding hydrogens is 192 g/mol. The van der Waals surface area contributed by atoms with Gasteiger partial charge < -0.3 is 5.11 Å². The highest BCUT2D eigenvalue weighted by Crippen LogP contribution is 2.12. The molecule has 0 aliphatic carbocycles. The largest absolute Gasteiger partial charge is 0.508 e. The maximum Gasteiger partial charge on any atom is 0.332 e. The van der Waals surface area contributed by atoms with Gasteiger partial charge in [-0.1, -0.05) is 0 Å². The Kier molecular flexibility index (Phi) is 2.11. The van der Waals surface area contributed by atoms with E-state index < -0.39 is 0 Å². The van der Waals surface area contributed by atoms with Crippen molar-refractivity contribution in [3.63, 3.8) is 0 Å². The van der Waals surface area contributed by atoms with E-state index in [1.165, 1.54) is 0 Å². The van der Waals surface area contributed by atoms with Gasteiger partial charge in [0.05, 0.1) is 5.69 Å². The molecule has 2 aromatic rings. The van der Waals surface area contributed by atoms with Crippen LogP contribution < -0.4 is 5.69 Å². The zero-order valence-corrected chi connectivity index (χ0v) is 8.64. The molecule has 2 rings (SSSR count). The molecule has 78 valence electrons. The third kappa shape index (κ3) is 1.54. The van der Waals surface area contributed by atoms with Crippen molar-refractivity contribution < 1.29 is 5.11 Å². The Hall–Kier alpha value is -1.97. The lowest BCUT2D eigenvalue weighted by Gasteiger charge is -2.00.